The van der Waals surface area contributed by atoms with Gasteiger partial charge in [-0.05, 0) is 67.5 Å². The Morgan fingerprint density at radius 3 is 2.59 bits per heavy atom. The van der Waals surface area contributed by atoms with Crippen LogP contribution in [0, 0.1) is 19.3 Å². The van der Waals surface area contributed by atoms with Gasteiger partial charge >= 0.3 is 0 Å². The average Bonchev–Trinajstić information content (AvgIpc) is 3.59. The van der Waals surface area contributed by atoms with Crippen molar-refractivity contribution >= 4 is 28.5 Å². The van der Waals surface area contributed by atoms with Gasteiger partial charge in [-0.25, -0.2) is 4.98 Å². The Morgan fingerprint density at radius 1 is 1.06 bits per heavy atom. The van der Waals surface area contributed by atoms with Crippen LogP contribution in [0.4, 0.5) is 0 Å². The van der Waals surface area contributed by atoms with Gasteiger partial charge in [0.05, 0.1) is 18.1 Å². The molecule has 0 saturated carbocycles. The lowest BCUT2D eigenvalue weighted by molar-refractivity contribution is -0.142. The van der Waals surface area contributed by atoms with Crippen LogP contribution in [0.25, 0.3) is 10.8 Å². The number of amides is 2. The first-order valence-electron chi connectivity index (χ1n) is 17.3. The normalized spacial score (nSPS) is 17.8. The van der Waals surface area contributed by atoms with Gasteiger partial charge in [-0.15, -0.1) is 0 Å². The predicted molar refractivity (Wildman–Crippen MR) is 195 cm³/mol. The first-order valence-corrected chi connectivity index (χ1v) is 17.3. The SMILES string of the molecule is Cc1ccc(C[C@@H](NC(=O)[C@@H](N)Cc2c[nH]cn2)C(=O)N2CC(C)N(CCc3ccc4ccccc4c3)CC2CCCNC(=N)N)c(C)c1. The van der Waals surface area contributed by atoms with Crippen molar-refractivity contribution in [2.75, 3.05) is 26.2 Å². The molecule has 0 bridgehead atoms. The molecule has 11 heteroatoms. The zero-order valence-corrected chi connectivity index (χ0v) is 28.9. The lowest BCUT2D eigenvalue weighted by Gasteiger charge is -2.46. The van der Waals surface area contributed by atoms with E-state index in [9.17, 15) is 9.59 Å². The van der Waals surface area contributed by atoms with E-state index < -0.39 is 12.1 Å². The molecule has 5 rings (SSSR count). The minimum absolute atomic E-state index is 0.0652. The van der Waals surface area contributed by atoms with Gasteiger partial charge in [0, 0.05) is 57.3 Å². The number of aromatic amines is 1. The third kappa shape index (κ3) is 9.67. The number of piperazine rings is 1. The summed E-state index contributed by atoms with van der Waals surface area (Å²) < 4.78 is 0. The lowest BCUT2D eigenvalue weighted by atomic mass is 9.95. The Balaban J connectivity index is 1.34. The molecule has 2 amide bonds. The Kier molecular flexibility index (Phi) is 12.0. The van der Waals surface area contributed by atoms with Crippen LogP contribution < -0.4 is 22.1 Å². The smallest absolute Gasteiger partial charge is 0.245 e. The molecule has 1 fully saturated rings. The van der Waals surface area contributed by atoms with Gasteiger partial charge in [-0.1, -0.05) is 66.2 Å². The summed E-state index contributed by atoms with van der Waals surface area (Å²) in [4.78, 5) is 39.7. The topological polar surface area (TPSA) is 169 Å². The van der Waals surface area contributed by atoms with Crippen molar-refractivity contribution in [2.45, 2.75) is 77.0 Å². The molecular formula is C38H51N9O2. The molecule has 4 atom stereocenters. The fourth-order valence-corrected chi connectivity index (χ4v) is 6.85. The van der Waals surface area contributed by atoms with E-state index in [-0.39, 0.29) is 36.3 Å². The fourth-order valence-electron chi connectivity index (χ4n) is 6.85. The molecule has 0 radical (unpaired) electrons. The van der Waals surface area contributed by atoms with Crippen molar-refractivity contribution < 1.29 is 9.59 Å². The molecule has 0 spiro atoms. The molecule has 1 aromatic heterocycles. The number of nitrogens with one attached hydrogen (secondary N) is 4. The molecule has 260 valence electrons. The number of H-pyrrole nitrogens is 1. The molecule has 0 aliphatic carbocycles. The van der Waals surface area contributed by atoms with Gasteiger partial charge in [0.1, 0.15) is 6.04 Å². The molecule has 49 heavy (non-hydrogen) atoms. The highest BCUT2D eigenvalue weighted by molar-refractivity contribution is 5.90. The van der Waals surface area contributed by atoms with E-state index in [2.05, 4.69) is 81.0 Å². The number of hydrogen-bond donors (Lipinski definition) is 6. The van der Waals surface area contributed by atoms with Crippen LogP contribution in [0.2, 0.25) is 0 Å². The number of hydrogen-bond acceptors (Lipinski definition) is 6. The van der Waals surface area contributed by atoms with Gasteiger partial charge < -0.3 is 32.0 Å². The maximum atomic E-state index is 14.6. The summed E-state index contributed by atoms with van der Waals surface area (Å²) in [7, 11) is 0. The molecular weight excluding hydrogens is 614 g/mol. The number of nitrogens with zero attached hydrogens (tertiary/aromatic N) is 3. The second kappa shape index (κ2) is 16.6. The van der Waals surface area contributed by atoms with Crippen LogP contribution in [-0.4, -0.2) is 87.9 Å². The zero-order valence-electron chi connectivity index (χ0n) is 28.9. The van der Waals surface area contributed by atoms with E-state index in [4.69, 9.17) is 16.9 Å². The maximum Gasteiger partial charge on any atom is 0.245 e. The van der Waals surface area contributed by atoms with E-state index in [0.717, 1.165) is 42.5 Å². The van der Waals surface area contributed by atoms with Crippen LogP contribution >= 0.6 is 0 Å². The predicted octanol–water partition coefficient (Wildman–Crippen LogP) is 3.18. The molecule has 1 aliphatic heterocycles. The summed E-state index contributed by atoms with van der Waals surface area (Å²) in [6.07, 6.45) is 6.27. The number of aryl methyl sites for hydroxylation is 2. The van der Waals surface area contributed by atoms with Gasteiger partial charge in [0.2, 0.25) is 11.8 Å². The quantitative estimate of drug-likeness (QED) is 0.0683. The highest BCUT2D eigenvalue weighted by Crippen LogP contribution is 2.23. The number of aromatic nitrogens is 2. The summed E-state index contributed by atoms with van der Waals surface area (Å²) in [5.74, 6) is -0.550. The molecule has 2 heterocycles. The fraction of sp³-hybridized carbons (Fsp3) is 0.421. The van der Waals surface area contributed by atoms with E-state index >= 15 is 0 Å². The average molecular weight is 666 g/mol. The number of nitrogens with two attached hydrogens (primary N) is 2. The van der Waals surface area contributed by atoms with Crippen molar-refractivity contribution in [3.8, 4) is 0 Å². The minimum atomic E-state index is -0.850. The molecule has 1 aliphatic rings. The van der Waals surface area contributed by atoms with Crippen molar-refractivity contribution in [2.24, 2.45) is 11.5 Å². The van der Waals surface area contributed by atoms with Crippen LogP contribution in [-0.2, 0) is 28.9 Å². The van der Waals surface area contributed by atoms with E-state index in [1.165, 1.54) is 16.3 Å². The second-order valence-corrected chi connectivity index (χ2v) is 13.5. The molecule has 4 aromatic rings. The first-order chi connectivity index (χ1) is 23.6. The van der Waals surface area contributed by atoms with E-state index in [1.54, 1.807) is 12.5 Å². The van der Waals surface area contributed by atoms with Gasteiger partial charge in [0.15, 0.2) is 5.96 Å². The third-order valence-corrected chi connectivity index (χ3v) is 9.64. The Hall–Kier alpha value is -4.74. The minimum Gasteiger partial charge on any atom is -0.370 e. The number of carbonyl (C=O) groups excluding carboxylic acids is 2. The molecule has 1 saturated heterocycles. The van der Waals surface area contributed by atoms with E-state index in [0.29, 0.717) is 31.7 Å². The van der Waals surface area contributed by atoms with Gasteiger partial charge in [0.25, 0.3) is 0 Å². The standard InChI is InChI=1S/C38H51N9O2/c1-25-10-12-30(26(2)17-25)19-35(45-36(48)34(39)20-32-21-42-24-44-32)37(49)47-22-27(3)46(23-33(47)9-6-15-43-38(40)41)16-14-28-11-13-29-7-4-5-8-31(29)18-28/h4-5,7-8,10-13,17-18,21,24,27,33-35H,6,9,14-16,19-20,22-23,39H2,1-3H3,(H,42,44)(H,45,48)(H4,40,41,43)/t27?,33?,34-,35+/m0/s1. The molecule has 8 N–H and O–H groups in total. The van der Waals surface area contributed by atoms with Crippen molar-refractivity contribution in [3.05, 3.63) is 101 Å². The number of fused-ring (bicyclic) bond motifs is 1. The summed E-state index contributed by atoms with van der Waals surface area (Å²) in [5.41, 5.74) is 17.1. The summed E-state index contributed by atoms with van der Waals surface area (Å²) in [6.45, 7) is 8.92. The van der Waals surface area contributed by atoms with Crippen LogP contribution in [0.15, 0.2) is 73.2 Å². The first kappa shape index (κ1) is 35.6. The number of carbonyl (C=O) groups is 2. The highest BCUT2D eigenvalue weighted by atomic mass is 16.2. The number of guanidine groups is 1. The van der Waals surface area contributed by atoms with Crippen LogP contribution in [0.1, 0.15) is 47.7 Å². The second-order valence-electron chi connectivity index (χ2n) is 13.5. The van der Waals surface area contributed by atoms with Gasteiger partial charge in [-0.3, -0.25) is 19.9 Å². The van der Waals surface area contributed by atoms with Crippen molar-refractivity contribution in [1.82, 2.24) is 30.4 Å². The van der Waals surface area contributed by atoms with Crippen molar-refractivity contribution in [1.29, 1.82) is 5.41 Å². The summed E-state index contributed by atoms with van der Waals surface area (Å²) in [6, 6.07) is 19.6. The monoisotopic (exact) mass is 665 g/mol. The number of benzene rings is 3. The Morgan fingerprint density at radius 2 is 1.86 bits per heavy atom. The molecule has 3 aromatic carbocycles. The Labute approximate surface area is 289 Å². The maximum absolute atomic E-state index is 14.6. The largest absolute Gasteiger partial charge is 0.370 e. The number of imidazole rings is 1. The zero-order chi connectivity index (χ0) is 34.9. The Bertz CT molecular complexity index is 1720. The molecule has 2 unspecified atom stereocenters. The third-order valence-electron chi connectivity index (χ3n) is 9.64. The van der Waals surface area contributed by atoms with Crippen LogP contribution in [0.3, 0.4) is 0 Å². The summed E-state index contributed by atoms with van der Waals surface area (Å²) in [5, 5.41) is 16.0. The lowest BCUT2D eigenvalue weighted by Crippen LogP contribution is -2.63. The van der Waals surface area contributed by atoms with Crippen molar-refractivity contribution in [3.63, 3.8) is 0 Å². The summed E-state index contributed by atoms with van der Waals surface area (Å²) >= 11 is 0. The number of rotatable bonds is 14. The highest BCUT2D eigenvalue weighted by Gasteiger charge is 2.38. The van der Waals surface area contributed by atoms with Crippen LogP contribution in [0.5, 0.6) is 0 Å². The van der Waals surface area contributed by atoms with E-state index in [1.807, 2.05) is 30.9 Å². The van der Waals surface area contributed by atoms with Gasteiger partial charge in [-0.2, -0.15) is 0 Å². The molecule has 11 nitrogen and oxygen atoms in total.